The Balaban J connectivity index is 1.56. The average Bonchev–Trinajstić information content (AvgIpc) is 3.07. The summed E-state index contributed by atoms with van der Waals surface area (Å²) in [5.74, 6) is -0.578. The van der Waals surface area contributed by atoms with Crippen LogP contribution in [0.1, 0.15) is 15.9 Å². The van der Waals surface area contributed by atoms with Crippen LogP contribution in [0.15, 0.2) is 77.5 Å². The van der Waals surface area contributed by atoms with E-state index in [9.17, 15) is 14.4 Å². The van der Waals surface area contributed by atoms with Gasteiger partial charge in [0.05, 0.1) is 25.6 Å². The Labute approximate surface area is 207 Å². The minimum absolute atomic E-state index is 0.0630. The fraction of sp³-hybridized carbons (Fsp3) is 0.115. The highest BCUT2D eigenvalue weighted by atomic mass is 35.5. The van der Waals surface area contributed by atoms with Crippen molar-refractivity contribution in [3.05, 3.63) is 88.6 Å². The number of ether oxygens (including phenoxy) is 2. The van der Waals surface area contributed by atoms with Gasteiger partial charge in [0.15, 0.2) is 0 Å². The van der Waals surface area contributed by atoms with E-state index in [4.69, 9.17) is 21.1 Å². The number of imide groups is 1. The van der Waals surface area contributed by atoms with Crippen molar-refractivity contribution in [2.45, 2.75) is 6.92 Å². The molecule has 0 saturated heterocycles. The van der Waals surface area contributed by atoms with E-state index in [-0.39, 0.29) is 10.7 Å². The summed E-state index contributed by atoms with van der Waals surface area (Å²) in [4.78, 5) is 39.8. The summed E-state index contributed by atoms with van der Waals surface area (Å²) in [5, 5.41) is 5.47. The Morgan fingerprint density at radius 1 is 0.914 bits per heavy atom. The second-order valence-electron chi connectivity index (χ2n) is 7.65. The van der Waals surface area contributed by atoms with Crippen LogP contribution in [-0.4, -0.2) is 31.9 Å². The lowest BCUT2D eigenvalue weighted by Gasteiger charge is -2.17. The molecular formula is C26H22ClN3O5. The molecule has 3 amide bonds. The van der Waals surface area contributed by atoms with Crippen molar-refractivity contribution < 1.29 is 23.9 Å². The maximum Gasteiger partial charge on any atom is 0.283 e. The van der Waals surface area contributed by atoms with Gasteiger partial charge in [-0.2, -0.15) is 0 Å². The summed E-state index contributed by atoms with van der Waals surface area (Å²) in [7, 11) is 3.03. The average molecular weight is 492 g/mol. The number of methoxy groups -OCH3 is 2. The van der Waals surface area contributed by atoms with Gasteiger partial charge in [0.1, 0.15) is 22.2 Å². The highest BCUT2D eigenvalue weighted by molar-refractivity contribution is 6.53. The van der Waals surface area contributed by atoms with Crippen LogP contribution in [0.25, 0.3) is 0 Å². The van der Waals surface area contributed by atoms with Crippen molar-refractivity contribution in [2.24, 2.45) is 0 Å². The van der Waals surface area contributed by atoms with Crippen LogP contribution in [0.4, 0.5) is 17.1 Å². The molecule has 4 rings (SSSR count). The Morgan fingerprint density at radius 3 is 2.40 bits per heavy atom. The van der Waals surface area contributed by atoms with Gasteiger partial charge < -0.3 is 20.1 Å². The number of anilines is 3. The molecule has 9 heteroatoms. The Kier molecular flexibility index (Phi) is 6.75. The fourth-order valence-electron chi connectivity index (χ4n) is 3.63. The normalized spacial score (nSPS) is 13.2. The standard InChI is InChI=1S/C26H22ClN3O5/c1-15-7-4-5-10-20(15)30-25(32)22(27)23(26(30)33)28-17-9-6-8-16(13-17)24(31)29-19-14-18(34-2)11-12-21(19)35-3/h4-14,28H,1-3H3,(H,29,31). The lowest BCUT2D eigenvalue weighted by Crippen LogP contribution is -2.32. The van der Waals surface area contributed by atoms with Crippen LogP contribution in [-0.2, 0) is 9.59 Å². The molecule has 0 aliphatic carbocycles. The van der Waals surface area contributed by atoms with Crippen LogP contribution in [0, 0.1) is 6.92 Å². The molecule has 3 aromatic carbocycles. The number of carbonyl (C=O) groups excluding carboxylic acids is 3. The predicted molar refractivity (Wildman–Crippen MR) is 134 cm³/mol. The summed E-state index contributed by atoms with van der Waals surface area (Å²) < 4.78 is 10.5. The molecule has 1 aliphatic rings. The highest BCUT2D eigenvalue weighted by Gasteiger charge is 2.39. The van der Waals surface area contributed by atoms with Gasteiger partial charge in [0, 0.05) is 17.3 Å². The Hall–Kier alpha value is -4.30. The van der Waals surface area contributed by atoms with Gasteiger partial charge in [-0.15, -0.1) is 0 Å². The quantitative estimate of drug-likeness (QED) is 0.465. The van der Waals surface area contributed by atoms with E-state index in [0.29, 0.717) is 34.1 Å². The molecule has 1 heterocycles. The molecule has 0 radical (unpaired) electrons. The van der Waals surface area contributed by atoms with E-state index in [1.807, 2.05) is 6.07 Å². The number of nitrogens with zero attached hydrogens (tertiary/aromatic N) is 1. The van der Waals surface area contributed by atoms with Gasteiger partial charge >= 0.3 is 0 Å². The SMILES string of the molecule is COc1ccc(OC)c(NC(=O)c2cccc(NC3=C(Cl)C(=O)N(c4ccccc4C)C3=O)c2)c1. The first-order chi connectivity index (χ1) is 16.8. The number of nitrogens with one attached hydrogen (secondary N) is 2. The Morgan fingerprint density at radius 2 is 1.69 bits per heavy atom. The summed E-state index contributed by atoms with van der Waals surface area (Å²) in [6, 6.07) is 18.6. The first-order valence-corrected chi connectivity index (χ1v) is 11.0. The van der Waals surface area contributed by atoms with Crippen molar-refractivity contribution in [3.63, 3.8) is 0 Å². The zero-order chi connectivity index (χ0) is 25.1. The molecule has 8 nitrogen and oxygen atoms in total. The molecule has 1 aliphatic heterocycles. The van der Waals surface area contributed by atoms with Crippen molar-refractivity contribution in [2.75, 3.05) is 29.8 Å². The van der Waals surface area contributed by atoms with Crippen LogP contribution in [0.2, 0.25) is 0 Å². The number of para-hydroxylation sites is 1. The van der Waals surface area contributed by atoms with Gasteiger partial charge in [0.25, 0.3) is 17.7 Å². The Bertz CT molecular complexity index is 1370. The van der Waals surface area contributed by atoms with Gasteiger partial charge in [-0.05, 0) is 48.9 Å². The van der Waals surface area contributed by atoms with Crippen LogP contribution in [0.5, 0.6) is 11.5 Å². The van der Waals surface area contributed by atoms with Gasteiger partial charge in [0.2, 0.25) is 0 Å². The zero-order valence-electron chi connectivity index (χ0n) is 19.2. The highest BCUT2D eigenvalue weighted by Crippen LogP contribution is 2.32. The van der Waals surface area contributed by atoms with Crippen LogP contribution in [0.3, 0.4) is 0 Å². The van der Waals surface area contributed by atoms with E-state index in [0.717, 1.165) is 10.5 Å². The minimum atomic E-state index is -0.618. The van der Waals surface area contributed by atoms with E-state index < -0.39 is 17.7 Å². The summed E-state index contributed by atoms with van der Waals surface area (Å²) in [6.07, 6.45) is 0. The van der Waals surface area contributed by atoms with Crippen molar-refractivity contribution >= 4 is 46.4 Å². The molecular weight excluding hydrogens is 470 g/mol. The van der Waals surface area contributed by atoms with Crippen LogP contribution >= 0.6 is 11.6 Å². The van der Waals surface area contributed by atoms with Crippen molar-refractivity contribution in [1.82, 2.24) is 0 Å². The maximum atomic E-state index is 13.1. The number of hydrogen-bond donors (Lipinski definition) is 2. The van der Waals surface area contributed by atoms with E-state index in [1.165, 1.54) is 14.2 Å². The first-order valence-electron chi connectivity index (χ1n) is 10.6. The van der Waals surface area contributed by atoms with Gasteiger partial charge in [-0.3, -0.25) is 14.4 Å². The van der Waals surface area contributed by atoms with E-state index in [1.54, 1.807) is 67.6 Å². The fourth-order valence-corrected chi connectivity index (χ4v) is 3.85. The minimum Gasteiger partial charge on any atom is -0.497 e. The third kappa shape index (κ3) is 4.69. The molecule has 0 fully saturated rings. The topological polar surface area (TPSA) is 97.0 Å². The van der Waals surface area contributed by atoms with Gasteiger partial charge in [-0.25, -0.2) is 4.90 Å². The molecule has 3 aromatic rings. The van der Waals surface area contributed by atoms with Crippen LogP contribution < -0.4 is 25.0 Å². The largest absolute Gasteiger partial charge is 0.497 e. The summed E-state index contributed by atoms with van der Waals surface area (Å²) in [6.45, 7) is 1.80. The number of rotatable bonds is 7. The van der Waals surface area contributed by atoms with E-state index >= 15 is 0 Å². The number of aryl methyl sites for hydroxylation is 1. The molecule has 0 unspecified atom stereocenters. The number of benzene rings is 3. The van der Waals surface area contributed by atoms with Gasteiger partial charge in [-0.1, -0.05) is 35.9 Å². The number of amides is 3. The monoisotopic (exact) mass is 491 g/mol. The molecule has 178 valence electrons. The second kappa shape index (κ2) is 9.90. The zero-order valence-corrected chi connectivity index (χ0v) is 20.0. The molecule has 35 heavy (non-hydrogen) atoms. The molecule has 0 bridgehead atoms. The molecule has 0 spiro atoms. The lowest BCUT2D eigenvalue weighted by molar-refractivity contribution is -0.120. The molecule has 2 N–H and O–H groups in total. The first kappa shape index (κ1) is 23.8. The second-order valence-corrected chi connectivity index (χ2v) is 8.03. The number of carbonyl (C=O) groups is 3. The third-order valence-electron chi connectivity index (χ3n) is 5.43. The summed E-state index contributed by atoms with van der Waals surface area (Å²) in [5.41, 5.74) is 2.31. The molecule has 0 atom stereocenters. The molecule has 0 aromatic heterocycles. The smallest absolute Gasteiger partial charge is 0.283 e. The van der Waals surface area contributed by atoms with Crippen molar-refractivity contribution in [3.8, 4) is 11.5 Å². The number of hydrogen-bond acceptors (Lipinski definition) is 6. The predicted octanol–water partition coefficient (Wildman–Crippen LogP) is 4.70. The maximum absolute atomic E-state index is 13.1. The number of halogens is 1. The lowest BCUT2D eigenvalue weighted by atomic mass is 10.1. The van der Waals surface area contributed by atoms with Crippen molar-refractivity contribution in [1.29, 1.82) is 0 Å². The summed E-state index contributed by atoms with van der Waals surface area (Å²) >= 11 is 6.24. The van der Waals surface area contributed by atoms with E-state index in [2.05, 4.69) is 10.6 Å². The molecule has 0 saturated carbocycles. The third-order valence-corrected chi connectivity index (χ3v) is 5.78.